The fourth-order valence-electron chi connectivity index (χ4n) is 1.50. The fourth-order valence-corrected chi connectivity index (χ4v) is 1.50. The molecule has 6 nitrogen and oxygen atoms in total. The average molecular weight is 283 g/mol. The minimum absolute atomic E-state index is 0.127. The maximum absolute atomic E-state index is 12.4. The number of rotatable bonds is 4. The van der Waals surface area contributed by atoms with Crippen molar-refractivity contribution in [1.29, 1.82) is 0 Å². The first-order chi connectivity index (χ1) is 9.52. The Balaban J connectivity index is 2.37. The van der Waals surface area contributed by atoms with Crippen molar-refractivity contribution >= 4 is 5.97 Å². The van der Waals surface area contributed by atoms with E-state index in [0.29, 0.717) is 5.69 Å². The molecule has 2 rings (SSSR count). The van der Waals surface area contributed by atoms with Gasteiger partial charge in [-0.05, 0) is 19.9 Å². The van der Waals surface area contributed by atoms with Crippen LogP contribution in [-0.4, -0.2) is 27.8 Å². The molecule has 2 aromatic heterocycles. The minimum Gasteiger partial charge on any atom is -0.462 e. The Morgan fingerprint density at radius 1 is 1.45 bits per heavy atom. The maximum atomic E-state index is 12.4. The van der Waals surface area contributed by atoms with Gasteiger partial charge in [-0.15, -0.1) is 10.2 Å². The summed E-state index contributed by atoms with van der Waals surface area (Å²) in [4.78, 5) is 15.7. The molecule has 0 saturated carbocycles. The minimum atomic E-state index is -2.85. The number of aryl methyl sites for hydroxylation is 1. The molecule has 2 heterocycles. The van der Waals surface area contributed by atoms with E-state index in [1.807, 2.05) is 0 Å². The third-order valence-corrected chi connectivity index (χ3v) is 2.46. The first-order valence-electron chi connectivity index (χ1n) is 5.78. The second kappa shape index (κ2) is 5.72. The van der Waals surface area contributed by atoms with Gasteiger partial charge in [0.25, 0.3) is 5.89 Å². The molecule has 0 spiro atoms. The molecule has 0 radical (unpaired) electrons. The zero-order valence-corrected chi connectivity index (χ0v) is 10.8. The summed E-state index contributed by atoms with van der Waals surface area (Å²) in [5.74, 6) is -1.45. The van der Waals surface area contributed by atoms with Gasteiger partial charge in [0, 0.05) is 6.20 Å². The fraction of sp³-hybridized carbons (Fsp3) is 0.333. The van der Waals surface area contributed by atoms with Crippen LogP contribution in [0.5, 0.6) is 0 Å². The summed E-state index contributed by atoms with van der Waals surface area (Å²) < 4.78 is 34.4. The summed E-state index contributed by atoms with van der Waals surface area (Å²) in [6.07, 6.45) is -1.49. The zero-order valence-electron chi connectivity index (χ0n) is 10.8. The average Bonchev–Trinajstić information content (AvgIpc) is 2.89. The number of pyridine rings is 1. The predicted molar refractivity (Wildman–Crippen MR) is 63.2 cm³/mol. The van der Waals surface area contributed by atoms with E-state index in [4.69, 9.17) is 9.15 Å². The van der Waals surface area contributed by atoms with Gasteiger partial charge in [0.15, 0.2) is 0 Å². The number of aromatic nitrogens is 3. The van der Waals surface area contributed by atoms with Gasteiger partial charge in [-0.2, -0.15) is 8.78 Å². The quantitative estimate of drug-likeness (QED) is 0.802. The van der Waals surface area contributed by atoms with E-state index in [-0.39, 0.29) is 23.6 Å². The summed E-state index contributed by atoms with van der Waals surface area (Å²) in [5, 5.41) is 6.71. The maximum Gasteiger partial charge on any atom is 0.339 e. The molecule has 0 bridgehead atoms. The molecule has 0 fully saturated rings. The molecular weight excluding hydrogens is 272 g/mol. The van der Waals surface area contributed by atoms with Crippen molar-refractivity contribution in [2.45, 2.75) is 20.3 Å². The smallest absolute Gasteiger partial charge is 0.339 e. The first kappa shape index (κ1) is 14.0. The highest BCUT2D eigenvalue weighted by atomic mass is 19.3. The van der Waals surface area contributed by atoms with Gasteiger partial charge in [-0.25, -0.2) is 4.79 Å². The summed E-state index contributed by atoms with van der Waals surface area (Å²) in [6, 6.07) is 1.42. The monoisotopic (exact) mass is 283 g/mol. The second-order valence-electron chi connectivity index (χ2n) is 3.82. The molecule has 0 atom stereocenters. The van der Waals surface area contributed by atoms with Crippen molar-refractivity contribution in [3.05, 3.63) is 29.4 Å². The molecule has 0 saturated heterocycles. The molecule has 106 valence electrons. The van der Waals surface area contributed by atoms with Crippen molar-refractivity contribution in [1.82, 2.24) is 15.2 Å². The third kappa shape index (κ3) is 2.79. The number of hydrogen-bond acceptors (Lipinski definition) is 6. The molecule has 0 unspecified atom stereocenters. The van der Waals surface area contributed by atoms with Crippen molar-refractivity contribution in [2.75, 3.05) is 6.61 Å². The Kier molecular flexibility index (Phi) is 4.02. The van der Waals surface area contributed by atoms with Crippen LogP contribution in [0.4, 0.5) is 8.78 Å². The number of esters is 1. The normalized spacial score (nSPS) is 10.8. The van der Waals surface area contributed by atoms with Crippen LogP contribution in [0.2, 0.25) is 0 Å². The lowest BCUT2D eigenvalue weighted by Gasteiger charge is -2.05. The number of hydrogen-bond donors (Lipinski definition) is 0. The van der Waals surface area contributed by atoms with E-state index >= 15 is 0 Å². The lowest BCUT2D eigenvalue weighted by Crippen LogP contribution is -2.08. The van der Waals surface area contributed by atoms with E-state index < -0.39 is 18.3 Å². The van der Waals surface area contributed by atoms with Gasteiger partial charge >= 0.3 is 12.4 Å². The predicted octanol–water partition coefficient (Wildman–Crippen LogP) is 2.55. The van der Waals surface area contributed by atoms with E-state index in [9.17, 15) is 13.6 Å². The summed E-state index contributed by atoms with van der Waals surface area (Å²) in [5.41, 5.74) is 0.958. The van der Waals surface area contributed by atoms with Gasteiger partial charge < -0.3 is 9.15 Å². The van der Waals surface area contributed by atoms with Crippen LogP contribution in [0.25, 0.3) is 11.5 Å². The lowest BCUT2D eigenvalue weighted by atomic mass is 10.1. The van der Waals surface area contributed by atoms with Crippen LogP contribution in [0.1, 0.15) is 35.3 Å². The molecular formula is C12H11F2N3O3. The molecule has 0 aliphatic carbocycles. The highest BCUT2D eigenvalue weighted by molar-refractivity contribution is 5.91. The van der Waals surface area contributed by atoms with E-state index in [1.165, 1.54) is 12.3 Å². The van der Waals surface area contributed by atoms with Gasteiger partial charge in [0.05, 0.1) is 23.4 Å². The van der Waals surface area contributed by atoms with Gasteiger partial charge in [0.2, 0.25) is 5.89 Å². The number of carbonyl (C=O) groups excluding carboxylic acids is 1. The molecule has 0 aromatic carbocycles. The Morgan fingerprint density at radius 2 is 2.20 bits per heavy atom. The Hall–Kier alpha value is -2.38. The Labute approximate surface area is 112 Å². The number of halogens is 2. The van der Waals surface area contributed by atoms with Crippen LogP contribution in [0.3, 0.4) is 0 Å². The van der Waals surface area contributed by atoms with Gasteiger partial charge in [-0.1, -0.05) is 0 Å². The summed E-state index contributed by atoms with van der Waals surface area (Å²) in [6.45, 7) is 3.53. The number of nitrogens with zero attached hydrogens (tertiary/aromatic N) is 3. The zero-order chi connectivity index (χ0) is 14.7. The van der Waals surface area contributed by atoms with Crippen molar-refractivity contribution in [2.24, 2.45) is 0 Å². The van der Waals surface area contributed by atoms with Crippen LogP contribution in [0, 0.1) is 6.92 Å². The summed E-state index contributed by atoms with van der Waals surface area (Å²) >= 11 is 0. The van der Waals surface area contributed by atoms with E-state index in [1.54, 1.807) is 13.8 Å². The topological polar surface area (TPSA) is 78.1 Å². The summed E-state index contributed by atoms with van der Waals surface area (Å²) in [7, 11) is 0. The van der Waals surface area contributed by atoms with Crippen molar-refractivity contribution < 1.29 is 22.7 Å². The van der Waals surface area contributed by atoms with Crippen LogP contribution < -0.4 is 0 Å². The highest BCUT2D eigenvalue weighted by Crippen LogP contribution is 2.24. The van der Waals surface area contributed by atoms with Crippen molar-refractivity contribution in [3.8, 4) is 11.5 Å². The molecule has 0 aliphatic heterocycles. The molecule has 0 N–H and O–H groups in total. The number of carbonyl (C=O) groups is 1. The molecule has 20 heavy (non-hydrogen) atoms. The third-order valence-electron chi connectivity index (χ3n) is 2.46. The van der Waals surface area contributed by atoms with Crippen LogP contribution in [0.15, 0.2) is 16.7 Å². The Bertz CT molecular complexity index is 628. The number of ether oxygens (including phenoxy) is 1. The molecule has 0 amide bonds. The van der Waals surface area contributed by atoms with Crippen molar-refractivity contribution in [3.63, 3.8) is 0 Å². The Morgan fingerprint density at radius 3 is 2.80 bits per heavy atom. The van der Waals surface area contributed by atoms with E-state index in [0.717, 1.165) is 0 Å². The van der Waals surface area contributed by atoms with Gasteiger partial charge in [0.1, 0.15) is 0 Å². The molecule has 0 aliphatic rings. The first-order valence-corrected chi connectivity index (χ1v) is 5.78. The largest absolute Gasteiger partial charge is 0.462 e. The van der Waals surface area contributed by atoms with E-state index in [2.05, 4.69) is 15.2 Å². The van der Waals surface area contributed by atoms with Crippen LogP contribution in [-0.2, 0) is 4.74 Å². The molecule has 8 heteroatoms. The second-order valence-corrected chi connectivity index (χ2v) is 3.82. The molecule has 2 aromatic rings. The van der Waals surface area contributed by atoms with Crippen LogP contribution >= 0.6 is 0 Å². The number of alkyl halides is 2. The standard InChI is InChI=1S/C12H11F2N3O3/c1-3-19-12(18)8-4-7(5-15-6(8)2)10-16-17-11(20-10)9(13)14/h4-5,9H,3H2,1-2H3. The SMILES string of the molecule is CCOC(=O)c1cc(-c2nnc(C(F)F)o2)cnc1C. The highest BCUT2D eigenvalue weighted by Gasteiger charge is 2.19. The lowest BCUT2D eigenvalue weighted by molar-refractivity contribution is 0.0525. The van der Waals surface area contributed by atoms with Gasteiger partial charge in [-0.3, -0.25) is 4.98 Å².